The predicted molar refractivity (Wildman–Crippen MR) is 85.4 cm³/mol. The summed E-state index contributed by atoms with van der Waals surface area (Å²) in [6, 6.07) is 7.73. The van der Waals surface area contributed by atoms with E-state index in [2.05, 4.69) is 0 Å². The molecular formula is C15H22Cl2N2O. The fraction of sp³-hybridized carbons (Fsp3) is 0.533. The second-order valence-electron chi connectivity index (χ2n) is 5.38. The standard InChI is InChI=1S/C15H21ClN2O.ClH/c1-11(17)13-5-7-18(8-6-13)15(19)10-12-3-2-4-14(16)9-12;/h2-4,9,11,13H,5-8,10,17H2,1H3;1H. The van der Waals surface area contributed by atoms with E-state index in [1.54, 1.807) is 0 Å². The van der Waals surface area contributed by atoms with Crippen molar-refractivity contribution >= 4 is 29.9 Å². The molecule has 0 aromatic heterocycles. The smallest absolute Gasteiger partial charge is 0.226 e. The molecule has 0 radical (unpaired) electrons. The van der Waals surface area contributed by atoms with Crippen molar-refractivity contribution in [1.82, 2.24) is 4.90 Å². The van der Waals surface area contributed by atoms with Gasteiger partial charge in [0.15, 0.2) is 0 Å². The Hall–Kier alpha value is -0.770. The summed E-state index contributed by atoms with van der Waals surface area (Å²) in [5.41, 5.74) is 6.89. The van der Waals surface area contributed by atoms with Crippen molar-refractivity contribution in [2.24, 2.45) is 11.7 Å². The van der Waals surface area contributed by atoms with Crippen LogP contribution in [0.25, 0.3) is 0 Å². The van der Waals surface area contributed by atoms with Crippen LogP contribution in [0.4, 0.5) is 0 Å². The van der Waals surface area contributed by atoms with E-state index in [0.717, 1.165) is 31.5 Å². The molecule has 1 fully saturated rings. The third-order valence-electron chi connectivity index (χ3n) is 3.88. The molecule has 1 amide bonds. The Balaban J connectivity index is 0.00000200. The minimum absolute atomic E-state index is 0. The summed E-state index contributed by atoms with van der Waals surface area (Å²) < 4.78 is 0. The van der Waals surface area contributed by atoms with E-state index in [9.17, 15) is 4.79 Å². The first kappa shape index (κ1) is 17.3. The van der Waals surface area contributed by atoms with Crippen molar-refractivity contribution in [3.63, 3.8) is 0 Å². The monoisotopic (exact) mass is 316 g/mol. The average molecular weight is 317 g/mol. The molecule has 1 aromatic carbocycles. The molecule has 0 bridgehead atoms. The van der Waals surface area contributed by atoms with Crippen LogP contribution in [-0.4, -0.2) is 29.9 Å². The highest BCUT2D eigenvalue weighted by Gasteiger charge is 2.24. The topological polar surface area (TPSA) is 46.3 Å². The molecule has 112 valence electrons. The number of likely N-dealkylation sites (tertiary alicyclic amines) is 1. The number of benzene rings is 1. The normalized spacial score (nSPS) is 17.4. The molecular weight excluding hydrogens is 295 g/mol. The third-order valence-corrected chi connectivity index (χ3v) is 4.12. The Morgan fingerprint density at radius 3 is 2.65 bits per heavy atom. The maximum absolute atomic E-state index is 12.2. The van der Waals surface area contributed by atoms with Gasteiger partial charge in [-0.2, -0.15) is 0 Å². The summed E-state index contributed by atoms with van der Waals surface area (Å²) in [7, 11) is 0. The molecule has 0 saturated carbocycles. The van der Waals surface area contributed by atoms with Gasteiger partial charge in [0.05, 0.1) is 6.42 Å². The van der Waals surface area contributed by atoms with Gasteiger partial charge in [-0.25, -0.2) is 0 Å². The first-order valence-electron chi connectivity index (χ1n) is 6.84. The molecule has 1 atom stereocenters. The molecule has 20 heavy (non-hydrogen) atoms. The van der Waals surface area contributed by atoms with Crippen molar-refractivity contribution in [2.45, 2.75) is 32.2 Å². The van der Waals surface area contributed by atoms with Gasteiger partial charge in [0.1, 0.15) is 0 Å². The maximum atomic E-state index is 12.2. The lowest BCUT2D eigenvalue weighted by atomic mass is 9.91. The van der Waals surface area contributed by atoms with Gasteiger partial charge in [-0.05, 0) is 43.4 Å². The fourth-order valence-electron chi connectivity index (χ4n) is 2.61. The second-order valence-corrected chi connectivity index (χ2v) is 5.82. The second kappa shape index (κ2) is 7.87. The van der Waals surface area contributed by atoms with Gasteiger partial charge in [-0.15, -0.1) is 12.4 Å². The van der Waals surface area contributed by atoms with Gasteiger partial charge >= 0.3 is 0 Å². The largest absolute Gasteiger partial charge is 0.342 e. The molecule has 2 rings (SSSR count). The molecule has 1 aliphatic rings. The number of rotatable bonds is 3. The van der Waals surface area contributed by atoms with Crippen molar-refractivity contribution in [1.29, 1.82) is 0 Å². The van der Waals surface area contributed by atoms with Crippen molar-refractivity contribution in [3.05, 3.63) is 34.9 Å². The van der Waals surface area contributed by atoms with Crippen molar-refractivity contribution < 1.29 is 4.79 Å². The number of amides is 1. The van der Waals surface area contributed by atoms with Gasteiger partial charge in [0.25, 0.3) is 0 Å². The van der Waals surface area contributed by atoms with Crippen LogP contribution in [0.1, 0.15) is 25.3 Å². The summed E-state index contributed by atoms with van der Waals surface area (Å²) in [6.07, 6.45) is 2.46. The number of nitrogens with two attached hydrogens (primary N) is 1. The quantitative estimate of drug-likeness (QED) is 0.932. The highest BCUT2D eigenvalue weighted by atomic mass is 35.5. The minimum Gasteiger partial charge on any atom is -0.342 e. The lowest BCUT2D eigenvalue weighted by Gasteiger charge is -2.33. The van der Waals surface area contributed by atoms with Crippen molar-refractivity contribution in [2.75, 3.05) is 13.1 Å². The zero-order valence-corrected chi connectivity index (χ0v) is 13.3. The van der Waals surface area contributed by atoms with Crippen LogP contribution >= 0.6 is 24.0 Å². The van der Waals surface area contributed by atoms with E-state index in [1.807, 2.05) is 36.1 Å². The molecule has 1 aliphatic heterocycles. The van der Waals surface area contributed by atoms with Gasteiger partial charge in [-0.3, -0.25) is 4.79 Å². The Morgan fingerprint density at radius 2 is 2.10 bits per heavy atom. The van der Waals surface area contributed by atoms with Crippen LogP contribution in [0.2, 0.25) is 5.02 Å². The number of hydrogen-bond donors (Lipinski definition) is 1. The number of carbonyl (C=O) groups is 1. The molecule has 1 unspecified atom stereocenters. The molecule has 1 aromatic rings. The molecule has 0 aliphatic carbocycles. The SMILES string of the molecule is CC(N)C1CCN(C(=O)Cc2cccc(Cl)c2)CC1.Cl. The molecule has 1 saturated heterocycles. The molecule has 5 heteroatoms. The average Bonchev–Trinajstić information content (AvgIpc) is 2.39. The summed E-state index contributed by atoms with van der Waals surface area (Å²) >= 11 is 5.93. The lowest BCUT2D eigenvalue weighted by molar-refractivity contribution is -0.131. The summed E-state index contributed by atoms with van der Waals surface area (Å²) in [6.45, 7) is 3.70. The van der Waals surface area contributed by atoms with E-state index in [-0.39, 0.29) is 24.4 Å². The zero-order valence-electron chi connectivity index (χ0n) is 11.7. The number of hydrogen-bond acceptors (Lipinski definition) is 2. The minimum atomic E-state index is 0. The van der Waals surface area contributed by atoms with Crippen LogP contribution in [0.3, 0.4) is 0 Å². The summed E-state index contributed by atoms with van der Waals surface area (Å²) in [5.74, 6) is 0.737. The summed E-state index contributed by atoms with van der Waals surface area (Å²) in [4.78, 5) is 14.2. The Kier molecular flexibility index (Phi) is 6.80. The third kappa shape index (κ3) is 4.65. The number of carbonyl (C=O) groups excluding carboxylic acids is 1. The number of halogens is 2. The van der Waals surface area contributed by atoms with Gasteiger partial charge in [0.2, 0.25) is 5.91 Å². The lowest BCUT2D eigenvalue weighted by Crippen LogP contribution is -2.43. The number of nitrogens with zero attached hydrogens (tertiary/aromatic N) is 1. The number of piperidine rings is 1. The Morgan fingerprint density at radius 1 is 1.45 bits per heavy atom. The predicted octanol–water partition coefficient (Wildman–Crippen LogP) is 2.89. The van der Waals surface area contributed by atoms with E-state index in [4.69, 9.17) is 17.3 Å². The van der Waals surface area contributed by atoms with Crippen LogP contribution < -0.4 is 5.73 Å². The van der Waals surface area contributed by atoms with Gasteiger partial charge < -0.3 is 10.6 Å². The molecule has 2 N–H and O–H groups in total. The maximum Gasteiger partial charge on any atom is 0.226 e. The van der Waals surface area contributed by atoms with Crippen LogP contribution in [0.5, 0.6) is 0 Å². The van der Waals surface area contributed by atoms with Gasteiger partial charge in [-0.1, -0.05) is 23.7 Å². The van der Waals surface area contributed by atoms with E-state index < -0.39 is 0 Å². The molecule has 1 heterocycles. The highest BCUT2D eigenvalue weighted by Crippen LogP contribution is 2.20. The van der Waals surface area contributed by atoms with Crippen molar-refractivity contribution in [3.8, 4) is 0 Å². The van der Waals surface area contributed by atoms with E-state index in [0.29, 0.717) is 17.4 Å². The van der Waals surface area contributed by atoms with Crippen LogP contribution in [0.15, 0.2) is 24.3 Å². The highest BCUT2D eigenvalue weighted by molar-refractivity contribution is 6.30. The Labute approximate surface area is 131 Å². The van der Waals surface area contributed by atoms with Crippen LogP contribution in [-0.2, 0) is 11.2 Å². The van der Waals surface area contributed by atoms with Crippen LogP contribution in [0, 0.1) is 5.92 Å². The van der Waals surface area contributed by atoms with E-state index in [1.165, 1.54) is 0 Å². The Bertz CT molecular complexity index is 443. The van der Waals surface area contributed by atoms with Gasteiger partial charge in [0, 0.05) is 24.2 Å². The molecule has 3 nitrogen and oxygen atoms in total. The summed E-state index contributed by atoms with van der Waals surface area (Å²) in [5, 5.41) is 0.681. The molecule has 0 spiro atoms. The van der Waals surface area contributed by atoms with E-state index >= 15 is 0 Å². The fourth-order valence-corrected chi connectivity index (χ4v) is 2.82. The first-order valence-corrected chi connectivity index (χ1v) is 7.22. The first-order chi connectivity index (χ1) is 9.06. The zero-order chi connectivity index (χ0) is 13.8.